The Morgan fingerprint density at radius 3 is 2.72 bits per heavy atom. The van der Waals surface area contributed by atoms with Gasteiger partial charge < -0.3 is 5.11 Å². The van der Waals surface area contributed by atoms with Crippen molar-refractivity contribution in [2.24, 2.45) is 40.9 Å². The highest BCUT2D eigenvalue weighted by atomic mass is 19.1. The molecule has 0 saturated heterocycles. The number of hydrogen-bond donors (Lipinski definition) is 1. The number of ketones is 1. The number of rotatable bonds is 3. The Labute approximate surface area is 189 Å². The predicted octanol–water partition coefficient (Wildman–Crippen LogP) is 4.35. The second-order valence-electron chi connectivity index (χ2n) is 12.0. The molecule has 0 bridgehead atoms. The third-order valence-corrected chi connectivity index (χ3v) is 10.9. The van der Waals surface area contributed by atoms with Crippen LogP contribution in [0.4, 0.5) is 4.39 Å². The maximum Gasteiger partial charge on any atom is 0.157 e. The van der Waals surface area contributed by atoms with Gasteiger partial charge in [-0.25, -0.2) is 4.39 Å². The highest BCUT2D eigenvalue weighted by molar-refractivity contribution is 5.82. The third kappa shape index (κ3) is 2.64. The van der Waals surface area contributed by atoms with Crippen LogP contribution >= 0.6 is 0 Å². The summed E-state index contributed by atoms with van der Waals surface area (Å²) in [5.41, 5.74) is -0.458. The lowest BCUT2D eigenvalue weighted by Gasteiger charge is -2.58. The van der Waals surface area contributed by atoms with Gasteiger partial charge in [0.2, 0.25) is 0 Å². The summed E-state index contributed by atoms with van der Waals surface area (Å²) in [6, 6.07) is 2.13. The molecule has 32 heavy (non-hydrogen) atoms. The van der Waals surface area contributed by atoms with Crippen LogP contribution in [-0.2, 0) is 11.3 Å². The summed E-state index contributed by atoms with van der Waals surface area (Å²) in [6.45, 7) is 4.36. The van der Waals surface area contributed by atoms with E-state index >= 15 is 4.39 Å². The molecule has 6 heteroatoms. The molecule has 0 amide bonds. The van der Waals surface area contributed by atoms with Crippen molar-refractivity contribution in [1.82, 2.24) is 9.78 Å². The van der Waals surface area contributed by atoms with E-state index in [0.29, 0.717) is 30.2 Å². The molecule has 1 aromatic heterocycles. The molecule has 1 aromatic rings. The number of alkyl halides is 1. The minimum atomic E-state index is -1.11. The quantitative estimate of drug-likeness (QED) is 0.759. The number of nitrogens with zero attached hydrogens (tertiary/aromatic N) is 3. The fourth-order valence-electron chi connectivity index (χ4n) is 9.12. The minimum Gasteiger partial charge on any atom is -0.390 e. The number of fused-ring (bicyclic) bond motifs is 7. The van der Waals surface area contributed by atoms with E-state index in [1.807, 2.05) is 6.92 Å². The number of halogens is 1. The van der Waals surface area contributed by atoms with E-state index in [1.165, 1.54) is 6.20 Å². The summed E-state index contributed by atoms with van der Waals surface area (Å²) >= 11 is 0. The fourth-order valence-corrected chi connectivity index (χ4v) is 9.12. The van der Waals surface area contributed by atoms with Crippen LogP contribution in [0.15, 0.2) is 6.20 Å². The third-order valence-electron chi connectivity index (χ3n) is 10.9. The highest BCUT2D eigenvalue weighted by Crippen LogP contribution is 2.71. The molecule has 6 rings (SSSR count). The SMILES string of the molecule is Cc1c(C#N)cnn1CC(=O)[C@H]1CC[C@H]2[C@@H]3CC[C@@H]4C5C[C@@]5(O)CC[C@]4(F)[C@H]3CC[C@]12C. The second-order valence-corrected chi connectivity index (χ2v) is 12.0. The van der Waals surface area contributed by atoms with E-state index in [1.54, 1.807) is 4.68 Å². The number of carbonyl (C=O) groups is 1. The number of hydrogen-bond acceptors (Lipinski definition) is 4. The first-order chi connectivity index (χ1) is 15.2. The molecule has 0 aromatic carbocycles. The summed E-state index contributed by atoms with van der Waals surface area (Å²) in [5.74, 6) is 1.33. The molecule has 1 N–H and O–H groups in total. The van der Waals surface area contributed by atoms with Crippen molar-refractivity contribution < 1.29 is 14.3 Å². The molecule has 1 heterocycles. The molecule has 172 valence electrons. The average molecular weight is 440 g/mol. The van der Waals surface area contributed by atoms with E-state index in [0.717, 1.165) is 50.6 Å². The molecule has 1 unspecified atom stereocenters. The van der Waals surface area contributed by atoms with Gasteiger partial charge in [0.15, 0.2) is 5.78 Å². The van der Waals surface area contributed by atoms with Crippen molar-refractivity contribution >= 4 is 5.78 Å². The molecule has 0 radical (unpaired) electrons. The van der Waals surface area contributed by atoms with Crippen molar-refractivity contribution in [2.75, 3.05) is 0 Å². The monoisotopic (exact) mass is 439 g/mol. The lowest BCUT2D eigenvalue weighted by Crippen LogP contribution is -2.57. The first-order valence-corrected chi connectivity index (χ1v) is 12.6. The van der Waals surface area contributed by atoms with Crippen molar-refractivity contribution in [3.63, 3.8) is 0 Å². The van der Waals surface area contributed by atoms with Crippen LogP contribution in [0.5, 0.6) is 0 Å². The van der Waals surface area contributed by atoms with E-state index in [9.17, 15) is 15.2 Å². The van der Waals surface area contributed by atoms with E-state index < -0.39 is 11.3 Å². The highest BCUT2D eigenvalue weighted by Gasteiger charge is 2.71. The van der Waals surface area contributed by atoms with Crippen LogP contribution in [0, 0.1) is 59.2 Å². The molecule has 5 aliphatic rings. The van der Waals surface area contributed by atoms with Crippen LogP contribution < -0.4 is 0 Å². The zero-order valence-electron chi connectivity index (χ0n) is 19.2. The summed E-state index contributed by atoms with van der Waals surface area (Å²) in [6.07, 6.45) is 9.16. The van der Waals surface area contributed by atoms with Gasteiger partial charge in [0.1, 0.15) is 18.3 Å². The Balaban J connectivity index is 1.22. The largest absolute Gasteiger partial charge is 0.390 e. The number of aliphatic hydroxyl groups is 1. The normalized spacial score (nSPS) is 48.7. The van der Waals surface area contributed by atoms with Crippen LogP contribution in [-0.4, -0.2) is 31.9 Å². The Hall–Kier alpha value is -1.74. The summed E-state index contributed by atoms with van der Waals surface area (Å²) in [7, 11) is 0. The maximum absolute atomic E-state index is 16.6. The molecular formula is C26H34FN3O2. The number of Topliss-reactive ketones (excluding diaryl/α,β-unsaturated/α-hetero) is 1. The van der Waals surface area contributed by atoms with Gasteiger partial charge in [0, 0.05) is 5.92 Å². The molecule has 0 aliphatic heterocycles. The average Bonchev–Trinajstić information content (AvgIpc) is 3.14. The van der Waals surface area contributed by atoms with E-state index in [2.05, 4.69) is 18.1 Å². The Morgan fingerprint density at radius 1 is 1.19 bits per heavy atom. The topological polar surface area (TPSA) is 78.9 Å². The van der Waals surface area contributed by atoms with Gasteiger partial charge in [-0.15, -0.1) is 0 Å². The van der Waals surface area contributed by atoms with Crippen LogP contribution in [0.25, 0.3) is 0 Å². The lowest BCUT2D eigenvalue weighted by molar-refractivity contribution is -0.153. The Bertz CT molecular complexity index is 1020. The molecule has 5 aliphatic carbocycles. The zero-order valence-corrected chi connectivity index (χ0v) is 19.2. The van der Waals surface area contributed by atoms with Gasteiger partial charge in [0.25, 0.3) is 0 Å². The first-order valence-electron chi connectivity index (χ1n) is 12.6. The first kappa shape index (κ1) is 20.8. The molecular weight excluding hydrogens is 405 g/mol. The van der Waals surface area contributed by atoms with Gasteiger partial charge in [-0.05, 0) is 99.7 Å². The summed E-state index contributed by atoms with van der Waals surface area (Å²) in [5, 5.41) is 24.1. The van der Waals surface area contributed by atoms with Crippen LogP contribution in [0.1, 0.15) is 76.0 Å². The lowest BCUT2D eigenvalue weighted by atomic mass is 9.48. The predicted molar refractivity (Wildman–Crippen MR) is 116 cm³/mol. The van der Waals surface area contributed by atoms with E-state index in [-0.39, 0.29) is 41.4 Å². The van der Waals surface area contributed by atoms with Crippen molar-refractivity contribution in [3.8, 4) is 6.07 Å². The number of nitriles is 1. The van der Waals surface area contributed by atoms with Crippen molar-refractivity contribution in [2.45, 2.75) is 89.4 Å². The molecule has 5 saturated carbocycles. The van der Waals surface area contributed by atoms with Gasteiger partial charge in [0.05, 0.1) is 23.1 Å². The van der Waals surface area contributed by atoms with Gasteiger partial charge >= 0.3 is 0 Å². The Morgan fingerprint density at radius 2 is 1.97 bits per heavy atom. The molecule has 5 nitrogen and oxygen atoms in total. The van der Waals surface area contributed by atoms with Crippen molar-refractivity contribution in [3.05, 3.63) is 17.5 Å². The molecule has 5 fully saturated rings. The fraction of sp³-hybridized carbons (Fsp3) is 0.808. The molecule has 9 atom stereocenters. The minimum absolute atomic E-state index is 0.00394. The smallest absolute Gasteiger partial charge is 0.157 e. The van der Waals surface area contributed by atoms with Gasteiger partial charge in [-0.3, -0.25) is 9.48 Å². The summed E-state index contributed by atoms with van der Waals surface area (Å²) < 4.78 is 18.3. The zero-order chi connectivity index (χ0) is 22.5. The number of carbonyl (C=O) groups excluding carboxylic acids is 1. The summed E-state index contributed by atoms with van der Waals surface area (Å²) in [4.78, 5) is 13.4. The number of aromatic nitrogens is 2. The van der Waals surface area contributed by atoms with Gasteiger partial charge in [-0.2, -0.15) is 10.4 Å². The molecule has 0 spiro atoms. The second kappa shape index (κ2) is 6.65. The van der Waals surface area contributed by atoms with Crippen LogP contribution in [0.2, 0.25) is 0 Å². The van der Waals surface area contributed by atoms with Crippen molar-refractivity contribution in [1.29, 1.82) is 5.26 Å². The Kier molecular flexibility index (Phi) is 4.33. The maximum atomic E-state index is 16.6. The van der Waals surface area contributed by atoms with Crippen LogP contribution in [0.3, 0.4) is 0 Å². The van der Waals surface area contributed by atoms with E-state index in [4.69, 9.17) is 0 Å². The van der Waals surface area contributed by atoms with Gasteiger partial charge in [-0.1, -0.05) is 6.92 Å². The standard InChI is InChI=1S/C26H34FN3O2/c1-15-16(12-28)13-29-30(15)14-23(31)21-6-5-18-17-3-4-20-22-11-25(22,32)9-10-26(20,27)19(17)7-8-24(18,21)2/h13,17-22,32H,3-11,14H2,1-2H3/t17-,18-,19-,20+,21+,22?,24-,25-,26-/m0/s1.